The maximum absolute atomic E-state index is 10.4. The van der Waals surface area contributed by atoms with Crippen molar-refractivity contribution in [1.29, 1.82) is 0 Å². The number of hydrogen-bond donors (Lipinski definition) is 1. The van der Waals surface area contributed by atoms with Crippen LogP contribution in [0.1, 0.15) is 27.2 Å². The summed E-state index contributed by atoms with van der Waals surface area (Å²) in [6.45, 7) is 7.84. The monoisotopic (exact) mass is 356 g/mol. The van der Waals surface area contributed by atoms with Crippen molar-refractivity contribution in [1.82, 2.24) is 0 Å². The Labute approximate surface area is 151 Å². The van der Waals surface area contributed by atoms with Gasteiger partial charge in [-0.1, -0.05) is 81.4 Å². The number of rotatable bonds is 7. The highest BCUT2D eigenvalue weighted by Gasteiger charge is 2.50. The Morgan fingerprint density at radius 3 is 1.92 bits per heavy atom. The van der Waals surface area contributed by atoms with Gasteiger partial charge in [-0.05, 0) is 15.4 Å². The van der Waals surface area contributed by atoms with Crippen LogP contribution in [0.25, 0.3) is 0 Å². The summed E-state index contributed by atoms with van der Waals surface area (Å²) in [4.78, 5) is 0. The van der Waals surface area contributed by atoms with Crippen LogP contribution in [-0.2, 0) is 9.16 Å². The highest BCUT2D eigenvalue weighted by molar-refractivity contribution is 6.99. The van der Waals surface area contributed by atoms with E-state index in [2.05, 4.69) is 69.3 Å². The molecule has 3 nitrogen and oxygen atoms in total. The first-order valence-electron chi connectivity index (χ1n) is 8.98. The Morgan fingerprint density at radius 1 is 1.04 bits per heavy atom. The zero-order valence-electron chi connectivity index (χ0n) is 15.3. The Bertz CT molecular complexity index is 623. The van der Waals surface area contributed by atoms with Crippen molar-refractivity contribution in [3.05, 3.63) is 60.7 Å². The minimum absolute atomic E-state index is 0.0640. The van der Waals surface area contributed by atoms with Crippen LogP contribution in [0.15, 0.2) is 60.7 Å². The van der Waals surface area contributed by atoms with Crippen LogP contribution >= 0.6 is 0 Å². The van der Waals surface area contributed by atoms with Crippen molar-refractivity contribution in [3.8, 4) is 0 Å². The van der Waals surface area contributed by atoms with Crippen molar-refractivity contribution in [3.63, 3.8) is 0 Å². The molecule has 1 saturated heterocycles. The first-order valence-corrected chi connectivity index (χ1v) is 10.9. The van der Waals surface area contributed by atoms with Gasteiger partial charge in [0.15, 0.2) is 0 Å². The van der Waals surface area contributed by atoms with Gasteiger partial charge in [-0.3, -0.25) is 0 Å². The normalized spacial score (nSPS) is 18.8. The molecular formula is C21H28O3Si. The maximum atomic E-state index is 10.4. The summed E-state index contributed by atoms with van der Waals surface area (Å²) in [5.41, 5.74) is 0. The van der Waals surface area contributed by atoms with E-state index in [1.807, 2.05) is 12.1 Å². The van der Waals surface area contributed by atoms with Gasteiger partial charge in [0.25, 0.3) is 8.32 Å². The van der Waals surface area contributed by atoms with Gasteiger partial charge in [0.05, 0.1) is 25.4 Å². The van der Waals surface area contributed by atoms with Crippen LogP contribution in [0.2, 0.25) is 5.04 Å². The molecule has 0 spiro atoms. The van der Waals surface area contributed by atoms with E-state index in [0.29, 0.717) is 13.0 Å². The quantitative estimate of drug-likeness (QED) is 0.613. The highest BCUT2D eigenvalue weighted by atomic mass is 28.4. The smallest absolute Gasteiger partial charge is 0.261 e. The van der Waals surface area contributed by atoms with E-state index in [1.165, 1.54) is 10.4 Å². The van der Waals surface area contributed by atoms with Crippen LogP contribution in [0, 0.1) is 0 Å². The summed E-state index contributed by atoms with van der Waals surface area (Å²) in [6, 6.07) is 21.0. The third-order valence-electron chi connectivity index (χ3n) is 4.85. The van der Waals surface area contributed by atoms with Gasteiger partial charge in [-0.2, -0.15) is 0 Å². The van der Waals surface area contributed by atoms with Crippen molar-refractivity contribution in [2.75, 3.05) is 13.2 Å². The summed E-state index contributed by atoms with van der Waals surface area (Å²) in [7, 11) is -2.54. The zero-order chi connectivity index (χ0) is 17.9. The number of hydrogen-bond acceptors (Lipinski definition) is 3. The molecule has 0 radical (unpaired) electrons. The molecule has 134 valence electrons. The molecular weight excluding hydrogens is 328 g/mol. The summed E-state index contributed by atoms with van der Waals surface area (Å²) in [5.74, 6) is 0. The average molecular weight is 357 g/mol. The molecule has 0 aromatic heterocycles. The molecule has 25 heavy (non-hydrogen) atoms. The molecule has 2 atom stereocenters. The van der Waals surface area contributed by atoms with Crippen molar-refractivity contribution < 1.29 is 14.3 Å². The van der Waals surface area contributed by atoms with Crippen molar-refractivity contribution in [2.45, 2.75) is 44.4 Å². The Balaban J connectivity index is 1.99. The van der Waals surface area contributed by atoms with Crippen LogP contribution in [0.4, 0.5) is 0 Å². The molecule has 4 heteroatoms. The van der Waals surface area contributed by atoms with Gasteiger partial charge in [0.1, 0.15) is 0 Å². The topological polar surface area (TPSA) is 42.0 Å². The van der Waals surface area contributed by atoms with Gasteiger partial charge in [-0.15, -0.1) is 0 Å². The average Bonchev–Trinajstić information content (AvgIpc) is 3.40. The number of aliphatic hydroxyl groups is 1. The first kappa shape index (κ1) is 18.3. The number of benzene rings is 2. The zero-order valence-corrected chi connectivity index (χ0v) is 16.3. The van der Waals surface area contributed by atoms with Crippen LogP contribution in [0.5, 0.6) is 0 Å². The molecule has 1 aliphatic rings. The molecule has 0 amide bonds. The van der Waals surface area contributed by atoms with E-state index >= 15 is 0 Å². The molecule has 2 aromatic carbocycles. The molecule has 1 N–H and O–H groups in total. The Morgan fingerprint density at radius 2 is 1.52 bits per heavy atom. The largest absolute Gasteiger partial charge is 0.405 e. The number of ether oxygens (including phenoxy) is 1. The third kappa shape index (κ3) is 4.03. The predicted octanol–water partition coefficient (Wildman–Crippen LogP) is 2.71. The molecule has 2 aromatic rings. The minimum Gasteiger partial charge on any atom is -0.405 e. The van der Waals surface area contributed by atoms with E-state index in [4.69, 9.17) is 9.16 Å². The second-order valence-electron chi connectivity index (χ2n) is 7.82. The third-order valence-corrected chi connectivity index (χ3v) is 9.85. The Hall–Kier alpha value is -1.46. The van der Waals surface area contributed by atoms with E-state index in [9.17, 15) is 5.11 Å². The second kappa shape index (κ2) is 7.42. The number of epoxide rings is 1. The molecule has 0 aliphatic carbocycles. The summed E-state index contributed by atoms with van der Waals surface area (Å²) in [6.07, 6.45) is 0.366. The van der Waals surface area contributed by atoms with Crippen LogP contribution in [0.3, 0.4) is 0 Å². The van der Waals surface area contributed by atoms with E-state index in [1.54, 1.807) is 0 Å². The summed E-state index contributed by atoms with van der Waals surface area (Å²) in [5, 5.41) is 12.8. The summed E-state index contributed by atoms with van der Waals surface area (Å²) >= 11 is 0. The fourth-order valence-corrected chi connectivity index (χ4v) is 8.16. The van der Waals surface area contributed by atoms with Gasteiger partial charge in [0, 0.05) is 6.42 Å². The van der Waals surface area contributed by atoms with E-state index in [-0.39, 0.29) is 11.1 Å². The fraction of sp³-hybridized carbons (Fsp3) is 0.429. The van der Waals surface area contributed by atoms with Crippen molar-refractivity contribution >= 4 is 18.7 Å². The fourth-order valence-electron chi connectivity index (χ4n) is 3.56. The summed E-state index contributed by atoms with van der Waals surface area (Å²) < 4.78 is 11.9. The molecule has 3 rings (SSSR count). The van der Waals surface area contributed by atoms with Gasteiger partial charge >= 0.3 is 0 Å². The van der Waals surface area contributed by atoms with Gasteiger partial charge < -0.3 is 14.3 Å². The first-order chi connectivity index (χ1) is 11.9. The van der Waals surface area contributed by atoms with Gasteiger partial charge in [0.2, 0.25) is 0 Å². The molecule has 0 unspecified atom stereocenters. The maximum Gasteiger partial charge on any atom is 0.261 e. The lowest BCUT2D eigenvalue weighted by molar-refractivity contribution is 0.0880. The van der Waals surface area contributed by atoms with Crippen LogP contribution < -0.4 is 10.4 Å². The van der Waals surface area contributed by atoms with Crippen LogP contribution in [-0.4, -0.2) is 38.8 Å². The Kier molecular flexibility index (Phi) is 5.44. The van der Waals surface area contributed by atoms with E-state index in [0.717, 1.165) is 6.61 Å². The second-order valence-corrected chi connectivity index (χ2v) is 12.1. The SMILES string of the molecule is CC(C)(C)[Si](OC[C@H](O)C[C@H]1CO1)(c1ccccc1)c1ccccc1. The molecule has 1 aliphatic heterocycles. The predicted molar refractivity (Wildman–Crippen MR) is 104 cm³/mol. The lowest BCUT2D eigenvalue weighted by atomic mass is 10.2. The molecule has 0 saturated carbocycles. The molecule has 0 bridgehead atoms. The minimum atomic E-state index is -2.54. The molecule has 1 heterocycles. The molecule has 1 fully saturated rings. The van der Waals surface area contributed by atoms with Gasteiger partial charge in [-0.25, -0.2) is 0 Å². The number of aliphatic hydroxyl groups excluding tert-OH is 1. The van der Waals surface area contributed by atoms with Crippen molar-refractivity contribution in [2.24, 2.45) is 0 Å². The van der Waals surface area contributed by atoms with E-state index < -0.39 is 14.4 Å². The standard InChI is InChI=1S/C21H28O3Si/c1-21(2,3)25(19-10-6-4-7-11-19,20-12-8-5-9-13-20)24-15-17(22)14-18-16-23-18/h4-13,17-18,22H,14-16H2,1-3H3/t17-,18+/m1/s1. The lowest BCUT2D eigenvalue weighted by Crippen LogP contribution is -2.67. The lowest BCUT2D eigenvalue weighted by Gasteiger charge is -2.43. The highest BCUT2D eigenvalue weighted by Crippen LogP contribution is 2.37.